The maximum atomic E-state index is 12.5. The number of hydrogen-bond donors (Lipinski definition) is 2. The number of nitriles is 1. The highest BCUT2D eigenvalue weighted by atomic mass is 16.5. The number of benzene rings is 2. The van der Waals surface area contributed by atoms with Crippen molar-refractivity contribution in [1.82, 2.24) is 4.57 Å². The van der Waals surface area contributed by atoms with E-state index in [9.17, 15) is 14.9 Å². The van der Waals surface area contributed by atoms with Gasteiger partial charge in [0, 0.05) is 34.4 Å². The van der Waals surface area contributed by atoms with E-state index in [2.05, 4.69) is 5.32 Å². The van der Waals surface area contributed by atoms with Gasteiger partial charge < -0.3 is 20.4 Å². The minimum absolute atomic E-state index is 0.00620. The first kappa shape index (κ1) is 18.7. The van der Waals surface area contributed by atoms with Crippen LogP contribution < -0.4 is 15.8 Å². The SMILES string of the molecule is COc1cccc(NC(=O)/C(C#N)=C/c2cn(CC(N)=O)c3ccccc23)c1. The number of carbonyl (C=O) groups excluding carboxylic acids is 2. The molecule has 28 heavy (non-hydrogen) atoms. The van der Waals surface area contributed by atoms with Gasteiger partial charge in [-0.05, 0) is 24.3 Å². The molecule has 3 aromatic rings. The molecule has 3 rings (SSSR count). The molecule has 1 aromatic heterocycles. The number of aromatic nitrogens is 1. The molecular formula is C21H18N4O3. The lowest BCUT2D eigenvalue weighted by Gasteiger charge is -2.06. The summed E-state index contributed by atoms with van der Waals surface area (Å²) in [6, 6.07) is 16.2. The average molecular weight is 374 g/mol. The number of primary amides is 1. The highest BCUT2D eigenvalue weighted by Gasteiger charge is 2.13. The molecule has 0 aliphatic carbocycles. The van der Waals surface area contributed by atoms with Crippen molar-refractivity contribution in [1.29, 1.82) is 5.26 Å². The topological polar surface area (TPSA) is 110 Å². The first-order chi connectivity index (χ1) is 13.5. The van der Waals surface area contributed by atoms with Crippen LogP contribution in [-0.4, -0.2) is 23.5 Å². The van der Waals surface area contributed by atoms with E-state index in [-0.39, 0.29) is 12.1 Å². The molecule has 0 unspecified atom stereocenters. The lowest BCUT2D eigenvalue weighted by molar-refractivity contribution is -0.118. The molecule has 0 saturated heterocycles. The number of rotatable bonds is 6. The summed E-state index contributed by atoms with van der Waals surface area (Å²) in [5.41, 5.74) is 7.20. The Kier molecular flexibility index (Phi) is 5.42. The van der Waals surface area contributed by atoms with E-state index in [1.807, 2.05) is 30.3 Å². The summed E-state index contributed by atoms with van der Waals surface area (Å²) in [4.78, 5) is 23.9. The molecule has 0 fully saturated rings. The lowest BCUT2D eigenvalue weighted by atomic mass is 10.1. The van der Waals surface area contributed by atoms with Crippen LogP contribution in [0.5, 0.6) is 5.75 Å². The fraction of sp³-hybridized carbons (Fsp3) is 0.0952. The number of nitrogens with zero attached hydrogens (tertiary/aromatic N) is 2. The van der Waals surface area contributed by atoms with E-state index in [4.69, 9.17) is 10.5 Å². The van der Waals surface area contributed by atoms with Gasteiger partial charge in [0.15, 0.2) is 0 Å². The number of nitrogens with one attached hydrogen (secondary N) is 1. The summed E-state index contributed by atoms with van der Waals surface area (Å²) >= 11 is 0. The molecule has 7 heteroatoms. The van der Waals surface area contributed by atoms with Crippen molar-refractivity contribution >= 4 is 34.5 Å². The minimum Gasteiger partial charge on any atom is -0.497 e. The molecule has 7 nitrogen and oxygen atoms in total. The van der Waals surface area contributed by atoms with Crippen molar-refractivity contribution in [2.24, 2.45) is 5.73 Å². The van der Waals surface area contributed by atoms with Crippen molar-refractivity contribution in [3.63, 3.8) is 0 Å². The normalized spacial score (nSPS) is 11.1. The largest absolute Gasteiger partial charge is 0.497 e. The predicted molar refractivity (Wildman–Crippen MR) is 106 cm³/mol. The van der Waals surface area contributed by atoms with Crippen LogP contribution in [-0.2, 0) is 16.1 Å². The van der Waals surface area contributed by atoms with Crippen molar-refractivity contribution in [2.45, 2.75) is 6.54 Å². The van der Waals surface area contributed by atoms with Crippen LogP contribution in [0.15, 0.2) is 60.3 Å². The molecular weight excluding hydrogens is 356 g/mol. The van der Waals surface area contributed by atoms with Crippen LogP contribution in [0.25, 0.3) is 17.0 Å². The summed E-state index contributed by atoms with van der Waals surface area (Å²) in [7, 11) is 1.53. The number of nitrogens with two attached hydrogens (primary N) is 1. The van der Waals surface area contributed by atoms with Gasteiger partial charge in [0.05, 0.1) is 7.11 Å². The molecule has 3 N–H and O–H groups in total. The number of para-hydroxylation sites is 1. The zero-order valence-corrected chi connectivity index (χ0v) is 15.2. The third-order valence-electron chi connectivity index (χ3n) is 4.14. The van der Waals surface area contributed by atoms with E-state index in [0.717, 1.165) is 10.9 Å². The number of carbonyl (C=O) groups is 2. The molecule has 0 atom stereocenters. The van der Waals surface area contributed by atoms with E-state index in [1.165, 1.54) is 13.2 Å². The highest BCUT2D eigenvalue weighted by Crippen LogP contribution is 2.24. The number of amides is 2. The van der Waals surface area contributed by atoms with Crippen molar-refractivity contribution < 1.29 is 14.3 Å². The summed E-state index contributed by atoms with van der Waals surface area (Å²) < 4.78 is 6.82. The highest BCUT2D eigenvalue weighted by molar-refractivity contribution is 6.10. The molecule has 0 spiro atoms. The van der Waals surface area contributed by atoms with Crippen molar-refractivity contribution in [3.8, 4) is 11.8 Å². The van der Waals surface area contributed by atoms with Gasteiger partial charge in [0.2, 0.25) is 5.91 Å². The van der Waals surface area contributed by atoms with Gasteiger partial charge in [0.25, 0.3) is 5.91 Å². The third-order valence-corrected chi connectivity index (χ3v) is 4.14. The Morgan fingerprint density at radius 2 is 2.04 bits per heavy atom. The average Bonchev–Trinajstić information content (AvgIpc) is 3.03. The van der Waals surface area contributed by atoms with Crippen LogP contribution in [0.2, 0.25) is 0 Å². The quantitative estimate of drug-likeness (QED) is 0.510. The van der Waals surface area contributed by atoms with Gasteiger partial charge in [-0.25, -0.2) is 0 Å². The number of fused-ring (bicyclic) bond motifs is 1. The van der Waals surface area contributed by atoms with E-state index < -0.39 is 11.8 Å². The van der Waals surface area contributed by atoms with Crippen LogP contribution in [0, 0.1) is 11.3 Å². The molecule has 2 aromatic carbocycles. The summed E-state index contributed by atoms with van der Waals surface area (Å²) in [5, 5.41) is 13.0. The Morgan fingerprint density at radius 3 is 2.75 bits per heavy atom. The van der Waals surface area contributed by atoms with E-state index >= 15 is 0 Å². The summed E-state index contributed by atoms with van der Waals surface area (Å²) in [5.74, 6) is -0.426. The van der Waals surface area contributed by atoms with Crippen LogP contribution in [0.1, 0.15) is 5.56 Å². The number of hydrogen-bond acceptors (Lipinski definition) is 4. The second-order valence-corrected chi connectivity index (χ2v) is 6.05. The second-order valence-electron chi connectivity index (χ2n) is 6.05. The van der Waals surface area contributed by atoms with E-state index in [0.29, 0.717) is 17.0 Å². The monoisotopic (exact) mass is 374 g/mol. The van der Waals surface area contributed by atoms with Gasteiger partial charge in [-0.1, -0.05) is 24.3 Å². The van der Waals surface area contributed by atoms with Crippen LogP contribution >= 0.6 is 0 Å². The third kappa shape index (κ3) is 4.02. The zero-order valence-electron chi connectivity index (χ0n) is 15.2. The fourth-order valence-corrected chi connectivity index (χ4v) is 2.89. The zero-order chi connectivity index (χ0) is 20.1. The molecule has 0 saturated carbocycles. The molecule has 0 radical (unpaired) electrons. The summed E-state index contributed by atoms with van der Waals surface area (Å²) in [6.45, 7) is 0.00620. The summed E-state index contributed by atoms with van der Waals surface area (Å²) in [6.07, 6.45) is 3.20. The standard InChI is InChI=1S/C21H18N4O3/c1-28-17-6-4-5-16(10-17)24-21(27)14(11-22)9-15-12-25(13-20(23)26)19-8-3-2-7-18(15)19/h2-10,12H,13H2,1H3,(H2,23,26)(H,24,27)/b14-9+. The Hall–Kier alpha value is -4.05. The number of ether oxygens (including phenoxy) is 1. The molecule has 2 amide bonds. The predicted octanol–water partition coefficient (Wildman–Crippen LogP) is 2.68. The van der Waals surface area contributed by atoms with Gasteiger partial charge in [-0.15, -0.1) is 0 Å². The van der Waals surface area contributed by atoms with Gasteiger partial charge in [-0.3, -0.25) is 9.59 Å². The first-order valence-electron chi connectivity index (χ1n) is 8.45. The van der Waals surface area contributed by atoms with Crippen molar-refractivity contribution in [3.05, 3.63) is 65.9 Å². The molecule has 0 aliphatic rings. The Labute approximate surface area is 161 Å². The number of anilines is 1. The van der Waals surface area contributed by atoms with Gasteiger partial charge in [-0.2, -0.15) is 5.26 Å². The van der Waals surface area contributed by atoms with E-state index in [1.54, 1.807) is 35.0 Å². The van der Waals surface area contributed by atoms with Crippen LogP contribution in [0.3, 0.4) is 0 Å². The fourth-order valence-electron chi connectivity index (χ4n) is 2.89. The molecule has 0 aliphatic heterocycles. The Bertz CT molecular complexity index is 1120. The van der Waals surface area contributed by atoms with Crippen LogP contribution in [0.4, 0.5) is 5.69 Å². The Morgan fingerprint density at radius 1 is 1.25 bits per heavy atom. The molecule has 140 valence electrons. The lowest BCUT2D eigenvalue weighted by Crippen LogP contribution is -2.17. The second kappa shape index (κ2) is 8.10. The van der Waals surface area contributed by atoms with Gasteiger partial charge >= 0.3 is 0 Å². The maximum Gasteiger partial charge on any atom is 0.266 e. The van der Waals surface area contributed by atoms with Crippen molar-refractivity contribution in [2.75, 3.05) is 12.4 Å². The molecule has 0 bridgehead atoms. The van der Waals surface area contributed by atoms with Gasteiger partial charge in [0.1, 0.15) is 23.9 Å². The number of methoxy groups -OCH3 is 1. The first-order valence-corrected chi connectivity index (χ1v) is 8.45. The maximum absolute atomic E-state index is 12.5. The Balaban J connectivity index is 1.95. The molecule has 1 heterocycles. The smallest absolute Gasteiger partial charge is 0.266 e. The minimum atomic E-state index is -0.539.